The van der Waals surface area contributed by atoms with E-state index in [1.54, 1.807) is 24.0 Å². The van der Waals surface area contributed by atoms with E-state index in [2.05, 4.69) is 10.3 Å². The van der Waals surface area contributed by atoms with Crippen molar-refractivity contribution in [2.45, 2.75) is 26.4 Å². The molecule has 0 atom stereocenters. The van der Waals surface area contributed by atoms with Gasteiger partial charge in [-0.15, -0.1) is 0 Å². The number of imidazole rings is 1. The van der Waals surface area contributed by atoms with Crippen LogP contribution in [0.3, 0.4) is 0 Å². The van der Waals surface area contributed by atoms with E-state index in [9.17, 15) is 4.79 Å². The van der Waals surface area contributed by atoms with Gasteiger partial charge < -0.3 is 9.30 Å². The van der Waals surface area contributed by atoms with Gasteiger partial charge in [-0.2, -0.15) is 0 Å². The first kappa shape index (κ1) is 10.6. The summed E-state index contributed by atoms with van der Waals surface area (Å²) < 4.78 is 6.76. The number of nitrogens with one attached hydrogen (secondary N) is 1. The third kappa shape index (κ3) is 3.08. The van der Waals surface area contributed by atoms with Crippen molar-refractivity contribution in [2.75, 3.05) is 5.32 Å². The van der Waals surface area contributed by atoms with Crippen LogP contribution in [-0.2, 0) is 11.8 Å². The molecule has 14 heavy (non-hydrogen) atoms. The van der Waals surface area contributed by atoms with Gasteiger partial charge in [0, 0.05) is 19.4 Å². The second-order valence-corrected chi connectivity index (χ2v) is 3.99. The van der Waals surface area contributed by atoms with E-state index in [4.69, 9.17) is 4.74 Å². The van der Waals surface area contributed by atoms with E-state index in [-0.39, 0.29) is 0 Å². The predicted octanol–water partition coefficient (Wildman–Crippen LogP) is 1.77. The zero-order valence-electron chi connectivity index (χ0n) is 8.87. The van der Waals surface area contributed by atoms with Crippen molar-refractivity contribution in [3.63, 3.8) is 0 Å². The first-order valence-corrected chi connectivity index (χ1v) is 4.36. The molecule has 0 aliphatic carbocycles. The van der Waals surface area contributed by atoms with Crippen molar-refractivity contribution < 1.29 is 9.53 Å². The standard InChI is InChI=1S/C9H15N3O2/c1-9(2,3)14-8(13)11-7-10-5-6-12(7)4/h5-6H,1-4H3,(H,10,11,13). The maximum atomic E-state index is 11.3. The lowest BCUT2D eigenvalue weighted by Gasteiger charge is -2.19. The molecule has 0 fully saturated rings. The zero-order chi connectivity index (χ0) is 10.8. The molecule has 0 radical (unpaired) electrons. The van der Waals surface area contributed by atoms with Gasteiger partial charge in [0.2, 0.25) is 5.95 Å². The smallest absolute Gasteiger partial charge is 0.414 e. The Bertz CT molecular complexity index is 325. The molecule has 0 spiro atoms. The van der Waals surface area contributed by atoms with Crippen LogP contribution < -0.4 is 5.32 Å². The van der Waals surface area contributed by atoms with E-state index in [1.165, 1.54) is 0 Å². The van der Waals surface area contributed by atoms with Gasteiger partial charge in [0.1, 0.15) is 5.60 Å². The summed E-state index contributed by atoms with van der Waals surface area (Å²) >= 11 is 0. The fourth-order valence-corrected chi connectivity index (χ4v) is 0.881. The summed E-state index contributed by atoms with van der Waals surface area (Å²) in [6.45, 7) is 5.43. The number of carbonyl (C=O) groups is 1. The van der Waals surface area contributed by atoms with E-state index in [0.717, 1.165) is 0 Å². The number of aromatic nitrogens is 2. The van der Waals surface area contributed by atoms with Crippen LogP contribution in [-0.4, -0.2) is 21.2 Å². The van der Waals surface area contributed by atoms with E-state index >= 15 is 0 Å². The average molecular weight is 197 g/mol. The molecular weight excluding hydrogens is 182 g/mol. The molecular formula is C9H15N3O2. The second kappa shape index (κ2) is 3.69. The lowest BCUT2D eigenvalue weighted by molar-refractivity contribution is 0.0634. The van der Waals surface area contributed by atoms with Gasteiger partial charge in [-0.3, -0.25) is 5.32 Å². The normalized spacial score (nSPS) is 11.1. The monoisotopic (exact) mass is 197 g/mol. The molecule has 78 valence electrons. The number of amides is 1. The van der Waals surface area contributed by atoms with E-state index in [1.807, 2.05) is 20.8 Å². The highest BCUT2D eigenvalue weighted by atomic mass is 16.6. The Morgan fingerprint density at radius 1 is 1.57 bits per heavy atom. The molecule has 1 aromatic rings. The van der Waals surface area contributed by atoms with Crippen LogP contribution in [0.15, 0.2) is 12.4 Å². The van der Waals surface area contributed by atoms with Gasteiger partial charge in [0.25, 0.3) is 0 Å². The molecule has 1 amide bonds. The molecule has 1 heterocycles. The summed E-state index contributed by atoms with van der Waals surface area (Å²) in [5.74, 6) is 0.472. The first-order valence-electron chi connectivity index (χ1n) is 4.36. The molecule has 0 saturated carbocycles. The van der Waals surface area contributed by atoms with Crippen molar-refractivity contribution in [3.05, 3.63) is 12.4 Å². The lowest BCUT2D eigenvalue weighted by atomic mass is 10.2. The molecule has 0 unspecified atom stereocenters. The van der Waals surface area contributed by atoms with Crippen LogP contribution in [0.5, 0.6) is 0 Å². The first-order chi connectivity index (χ1) is 6.38. The average Bonchev–Trinajstić information content (AvgIpc) is 2.32. The summed E-state index contributed by atoms with van der Waals surface area (Å²) in [6, 6.07) is 0. The van der Waals surface area contributed by atoms with Gasteiger partial charge in [-0.05, 0) is 20.8 Å². The van der Waals surface area contributed by atoms with Gasteiger partial charge in [0.05, 0.1) is 0 Å². The summed E-state index contributed by atoms with van der Waals surface area (Å²) in [7, 11) is 1.79. The molecule has 0 saturated heterocycles. The fraction of sp³-hybridized carbons (Fsp3) is 0.556. The number of rotatable bonds is 1. The van der Waals surface area contributed by atoms with E-state index in [0.29, 0.717) is 5.95 Å². The Labute approximate surface area is 83.1 Å². The van der Waals surface area contributed by atoms with Crippen molar-refractivity contribution in [1.29, 1.82) is 0 Å². The fourth-order valence-electron chi connectivity index (χ4n) is 0.881. The Hall–Kier alpha value is -1.52. The van der Waals surface area contributed by atoms with Gasteiger partial charge in [-0.1, -0.05) is 0 Å². The third-order valence-corrected chi connectivity index (χ3v) is 1.43. The Morgan fingerprint density at radius 3 is 2.64 bits per heavy atom. The minimum atomic E-state index is -0.494. The van der Waals surface area contributed by atoms with Crippen LogP contribution in [0.1, 0.15) is 20.8 Å². The molecule has 0 aliphatic rings. The third-order valence-electron chi connectivity index (χ3n) is 1.43. The highest BCUT2D eigenvalue weighted by Gasteiger charge is 2.16. The summed E-state index contributed by atoms with van der Waals surface area (Å²) in [4.78, 5) is 15.2. The SMILES string of the molecule is Cn1ccnc1NC(=O)OC(C)(C)C. The van der Waals surface area contributed by atoms with Gasteiger partial charge in [0.15, 0.2) is 0 Å². The molecule has 0 aromatic carbocycles. The minimum absolute atomic E-state index is 0.472. The number of nitrogens with zero attached hydrogens (tertiary/aromatic N) is 2. The van der Waals surface area contributed by atoms with Crippen molar-refractivity contribution in [2.24, 2.45) is 7.05 Å². The van der Waals surface area contributed by atoms with Gasteiger partial charge in [-0.25, -0.2) is 9.78 Å². The van der Waals surface area contributed by atoms with Crippen molar-refractivity contribution in [1.82, 2.24) is 9.55 Å². The summed E-state index contributed by atoms with van der Waals surface area (Å²) in [6.07, 6.45) is 2.85. The maximum absolute atomic E-state index is 11.3. The topological polar surface area (TPSA) is 56.2 Å². The van der Waals surface area contributed by atoms with Crippen LogP contribution in [0.25, 0.3) is 0 Å². The molecule has 5 nitrogen and oxygen atoms in total. The molecule has 5 heteroatoms. The van der Waals surface area contributed by atoms with Crippen LogP contribution >= 0.6 is 0 Å². The number of anilines is 1. The number of carbonyl (C=O) groups excluding carboxylic acids is 1. The van der Waals surface area contributed by atoms with E-state index < -0.39 is 11.7 Å². The minimum Gasteiger partial charge on any atom is -0.444 e. The second-order valence-electron chi connectivity index (χ2n) is 3.99. The molecule has 0 bridgehead atoms. The number of ether oxygens (including phenoxy) is 1. The molecule has 1 rings (SSSR count). The maximum Gasteiger partial charge on any atom is 0.414 e. The number of aryl methyl sites for hydroxylation is 1. The highest BCUT2D eigenvalue weighted by molar-refractivity contribution is 5.82. The Kier molecular flexibility index (Phi) is 2.78. The van der Waals surface area contributed by atoms with Crippen LogP contribution in [0.2, 0.25) is 0 Å². The summed E-state index contributed by atoms with van der Waals surface area (Å²) in [5.41, 5.74) is -0.491. The lowest BCUT2D eigenvalue weighted by Crippen LogP contribution is -2.28. The number of hydrogen-bond acceptors (Lipinski definition) is 3. The highest BCUT2D eigenvalue weighted by Crippen LogP contribution is 2.09. The quantitative estimate of drug-likeness (QED) is 0.746. The number of hydrogen-bond donors (Lipinski definition) is 1. The Balaban J connectivity index is 2.54. The Morgan fingerprint density at radius 2 is 2.21 bits per heavy atom. The van der Waals surface area contributed by atoms with Crippen LogP contribution in [0, 0.1) is 0 Å². The van der Waals surface area contributed by atoms with Crippen molar-refractivity contribution in [3.8, 4) is 0 Å². The van der Waals surface area contributed by atoms with Gasteiger partial charge >= 0.3 is 6.09 Å². The molecule has 1 N–H and O–H groups in total. The summed E-state index contributed by atoms with van der Waals surface area (Å²) in [5, 5.41) is 2.54. The molecule has 1 aromatic heterocycles. The van der Waals surface area contributed by atoms with Crippen LogP contribution in [0.4, 0.5) is 10.7 Å². The predicted molar refractivity (Wildman–Crippen MR) is 53.1 cm³/mol. The molecule has 0 aliphatic heterocycles. The van der Waals surface area contributed by atoms with Crippen molar-refractivity contribution >= 4 is 12.0 Å². The largest absolute Gasteiger partial charge is 0.444 e. The zero-order valence-corrected chi connectivity index (χ0v) is 8.87.